The lowest BCUT2D eigenvalue weighted by Crippen LogP contribution is -2.13. The Bertz CT molecular complexity index is 728. The van der Waals surface area contributed by atoms with Gasteiger partial charge in [-0.1, -0.05) is 54.6 Å². The molecule has 0 N–H and O–H groups in total. The Balaban J connectivity index is 1.34. The molecule has 0 radical (unpaired) electrons. The third-order valence-corrected chi connectivity index (χ3v) is 5.08. The lowest BCUT2D eigenvalue weighted by molar-refractivity contribution is -0.147. The lowest BCUT2D eigenvalue weighted by atomic mass is 10.1. The quantitative estimate of drug-likeness (QED) is 0.802. The van der Waals surface area contributed by atoms with Gasteiger partial charge in [0, 0.05) is 11.8 Å². The largest absolute Gasteiger partial charge is 0.461 e. The van der Waals surface area contributed by atoms with Gasteiger partial charge in [0.05, 0.1) is 32.3 Å². The van der Waals surface area contributed by atoms with Crippen molar-refractivity contribution in [2.75, 3.05) is 13.2 Å². The molecule has 0 unspecified atom stereocenters. The fourth-order valence-electron chi connectivity index (χ4n) is 3.53. The first-order valence-electron chi connectivity index (χ1n) is 8.76. The maximum atomic E-state index is 12.4. The van der Waals surface area contributed by atoms with E-state index in [0.29, 0.717) is 33.0 Å². The summed E-state index contributed by atoms with van der Waals surface area (Å²) in [5.74, 6) is 0.172. The minimum atomic E-state index is -0.126. The zero-order chi connectivity index (χ0) is 17.1. The molecule has 0 aromatic heterocycles. The summed E-state index contributed by atoms with van der Waals surface area (Å²) in [6.07, 6.45) is 0. The van der Waals surface area contributed by atoms with E-state index >= 15 is 0 Å². The molecule has 2 aliphatic rings. The van der Waals surface area contributed by atoms with Crippen molar-refractivity contribution in [1.82, 2.24) is 0 Å². The molecule has 4 rings (SSSR count). The minimum Gasteiger partial charge on any atom is -0.461 e. The second kappa shape index (κ2) is 7.38. The smallest absolute Gasteiger partial charge is 0.310 e. The third kappa shape index (κ3) is 3.75. The van der Waals surface area contributed by atoms with Crippen LogP contribution in [0.15, 0.2) is 54.6 Å². The van der Waals surface area contributed by atoms with Gasteiger partial charge in [-0.2, -0.15) is 0 Å². The van der Waals surface area contributed by atoms with E-state index in [1.165, 1.54) is 0 Å². The molecule has 0 bridgehead atoms. The van der Waals surface area contributed by atoms with Crippen LogP contribution in [0.2, 0.25) is 0 Å². The third-order valence-electron chi connectivity index (χ3n) is 5.08. The van der Waals surface area contributed by atoms with E-state index in [-0.39, 0.29) is 23.7 Å². The summed E-state index contributed by atoms with van der Waals surface area (Å²) < 4.78 is 17.2. The van der Waals surface area contributed by atoms with Crippen molar-refractivity contribution in [3.63, 3.8) is 0 Å². The Morgan fingerprint density at radius 3 is 2.48 bits per heavy atom. The van der Waals surface area contributed by atoms with Crippen LogP contribution in [-0.4, -0.2) is 19.2 Å². The molecule has 1 saturated carbocycles. The monoisotopic (exact) mass is 338 g/mol. The maximum absolute atomic E-state index is 12.4. The van der Waals surface area contributed by atoms with Crippen LogP contribution < -0.4 is 0 Å². The summed E-state index contributed by atoms with van der Waals surface area (Å²) in [6.45, 7) is 2.59. The van der Waals surface area contributed by atoms with E-state index < -0.39 is 0 Å². The molecule has 4 heteroatoms. The number of cyclic esters (lactones) is 1. The summed E-state index contributed by atoms with van der Waals surface area (Å²) in [5, 5.41) is 0. The van der Waals surface area contributed by atoms with Gasteiger partial charge < -0.3 is 14.2 Å². The molecule has 0 spiro atoms. The van der Waals surface area contributed by atoms with E-state index in [9.17, 15) is 4.79 Å². The first-order valence-corrected chi connectivity index (χ1v) is 8.76. The zero-order valence-electron chi connectivity index (χ0n) is 14.1. The summed E-state index contributed by atoms with van der Waals surface area (Å²) in [7, 11) is 0. The summed E-state index contributed by atoms with van der Waals surface area (Å²) in [4.78, 5) is 12.4. The zero-order valence-corrected chi connectivity index (χ0v) is 14.1. The topological polar surface area (TPSA) is 44.8 Å². The highest BCUT2D eigenvalue weighted by Gasteiger charge is 2.55. The normalized spacial score (nSPS) is 25.4. The van der Waals surface area contributed by atoms with E-state index in [1.54, 1.807) is 0 Å². The van der Waals surface area contributed by atoms with E-state index in [0.717, 1.165) is 16.7 Å². The van der Waals surface area contributed by atoms with Crippen LogP contribution in [-0.2, 0) is 38.8 Å². The molecule has 0 amide bonds. The van der Waals surface area contributed by atoms with Gasteiger partial charge in [-0.3, -0.25) is 4.79 Å². The van der Waals surface area contributed by atoms with Crippen molar-refractivity contribution in [2.24, 2.45) is 17.8 Å². The molecule has 2 aromatic rings. The van der Waals surface area contributed by atoms with Gasteiger partial charge >= 0.3 is 5.97 Å². The second-order valence-electron chi connectivity index (χ2n) is 6.75. The fraction of sp³-hybridized carbons (Fsp3) is 0.381. The number of benzene rings is 2. The average Bonchev–Trinajstić information content (AvgIpc) is 3.34. The molecule has 1 heterocycles. The highest BCUT2D eigenvalue weighted by Crippen LogP contribution is 2.48. The van der Waals surface area contributed by atoms with Gasteiger partial charge in [0.1, 0.15) is 6.61 Å². The number of ether oxygens (including phenoxy) is 3. The highest BCUT2D eigenvalue weighted by atomic mass is 16.5. The molecule has 1 aliphatic heterocycles. The number of esters is 1. The van der Waals surface area contributed by atoms with E-state index in [1.807, 2.05) is 54.6 Å². The van der Waals surface area contributed by atoms with Crippen LogP contribution in [0.1, 0.15) is 16.7 Å². The van der Waals surface area contributed by atoms with Crippen molar-refractivity contribution in [3.05, 3.63) is 71.3 Å². The van der Waals surface area contributed by atoms with Crippen molar-refractivity contribution in [1.29, 1.82) is 0 Å². The van der Waals surface area contributed by atoms with E-state index in [4.69, 9.17) is 14.2 Å². The van der Waals surface area contributed by atoms with Crippen LogP contribution >= 0.6 is 0 Å². The van der Waals surface area contributed by atoms with Crippen molar-refractivity contribution >= 4 is 5.97 Å². The van der Waals surface area contributed by atoms with Gasteiger partial charge in [-0.25, -0.2) is 0 Å². The molecule has 2 aromatic carbocycles. The first-order chi connectivity index (χ1) is 12.3. The number of hydrogen-bond acceptors (Lipinski definition) is 4. The van der Waals surface area contributed by atoms with Crippen LogP contribution in [0.25, 0.3) is 0 Å². The molecule has 1 fully saturated rings. The molecule has 130 valence electrons. The van der Waals surface area contributed by atoms with Gasteiger partial charge in [-0.15, -0.1) is 0 Å². The van der Waals surface area contributed by atoms with Crippen LogP contribution in [0.3, 0.4) is 0 Å². The van der Waals surface area contributed by atoms with Crippen molar-refractivity contribution in [2.45, 2.75) is 19.8 Å². The fourth-order valence-corrected chi connectivity index (χ4v) is 3.53. The first kappa shape index (κ1) is 16.3. The Hall–Kier alpha value is -2.17. The Labute approximate surface area is 147 Å². The SMILES string of the molecule is O=C1OCc2ccccc2COC[C@H]2[C@@H](COCc3ccccc3)[C@@H]12. The molecule has 3 atom stereocenters. The second-order valence-corrected chi connectivity index (χ2v) is 6.75. The Morgan fingerprint density at radius 1 is 0.960 bits per heavy atom. The van der Waals surface area contributed by atoms with Crippen LogP contribution in [0.5, 0.6) is 0 Å². The number of hydrogen-bond donors (Lipinski definition) is 0. The molecular formula is C21H22O4. The number of carbonyl (C=O) groups excluding carboxylic acids is 1. The maximum Gasteiger partial charge on any atom is 0.310 e. The predicted octanol–water partition coefficient (Wildman–Crippen LogP) is 3.34. The summed E-state index contributed by atoms with van der Waals surface area (Å²) in [6, 6.07) is 18.0. The molecule has 1 aliphatic carbocycles. The average molecular weight is 338 g/mol. The summed E-state index contributed by atoms with van der Waals surface area (Å²) in [5.41, 5.74) is 3.25. The Morgan fingerprint density at radius 2 is 1.68 bits per heavy atom. The summed E-state index contributed by atoms with van der Waals surface area (Å²) >= 11 is 0. The lowest BCUT2D eigenvalue weighted by Gasteiger charge is -2.12. The number of fused-ring (bicyclic) bond motifs is 2. The van der Waals surface area contributed by atoms with Crippen molar-refractivity contribution < 1.29 is 19.0 Å². The van der Waals surface area contributed by atoms with Crippen molar-refractivity contribution in [3.8, 4) is 0 Å². The van der Waals surface area contributed by atoms with Gasteiger partial charge in [0.2, 0.25) is 0 Å². The minimum absolute atomic E-state index is 0.0963. The van der Waals surface area contributed by atoms with Gasteiger partial charge in [0.15, 0.2) is 0 Å². The molecule has 4 nitrogen and oxygen atoms in total. The Kier molecular flexibility index (Phi) is 4.81. The van der Waals surface area contributed by atoms with E-state index in [2.05, 4.69) is 0 Å². The van der Waals surface area contributed by atoms with Crippen LogP contribution in [0.4, 0.5) is 0 Å². The molecule has 25 heavy (non-hydrogen) atoms. The molecule has 0 saturated heterocycles. The number of carbonyl (C=O) groups is 1. The highest BCUT2D eigenvalue weighted by molar-refractivity contribution is 5.76. The molecular weight excluding hydrogens is 316 g/mol. The van der Waals surface area contributed by atoms with Gasteiger partial charge in [0.25, 0.3) is 0 Å². The number of rotatable bonds is 4. The predicted molar refractivity (Wildman–Crippen MR) is 92.5 cm³/mol. The van der Waals surface area contributed by atoms with Gasteiger partial charge in [-0.05, 0) is 16.7 Å². The standard InChI is InChI=1S/C21H22O4/c22-21-20-18(13-23-10-15-6-2-1-3-7-15)19(20)14-24-11-16-8-4-5-9-17(16)12-25-21/h1-9,18-20H,10-14H2/t18-,19+,20-/m1/s1. The van der Waals surface area contributed by atoms with Crippen LogP contribution in [0, 0.1) is 17.8 Å².